The maximum Gasteiger partial charge on any atom is 0.325 e. The highest BCUT2D eigenvalue weighted by atomic mass is 16.5. The van der Waals surface area contributed by atoms with Crippen LogP contribution in [0.3, 0.4) is 0 Å². The lowest BCUT2D eigenvalue weighted by Crippen LogP contribution is -2.50. The van der Waals surface area contributed by atoms with E-state index in [-0.39, 0.29) is 24.5 Å². The van der Waals surface area contributed by atoms with E-state index in [1.165, 1.54) is 0 Å². The van der Waals surface area contributed by atoms with Crippen LogP contribution < -0.4 is 10.1 Å². The van der Waals surface area contributed by atoms with Crippen molar-refractivity contribution in [3.8, 4) is 5.75 Å². The maximum absolute atomic E-state index is 13.3. The van der Waals surface area contributed by atoms with Crippen molar-refractivity contribution in [2.24, 2.45) is 0 Å². The van der Waals surface area contributed by atoms with Crippen molar-refractivity contribution in [3.05, 3.63) is 29.8 Å². The van der Waals surface area contributed by atoms with Crippen molar-refractivity contribution in [1.82, 2.24) is 15.1 Å². The fourth-order valence-electron chi connectivity index (χ4n) is 3.82. The molecule has 1 N–H and O–H groups in total. The number of urea groups is 1. The molecule has 0 spiro atoms. The van der Waals surface area contributed by atoms with Crippen molar-refractivity contribution in [1.29, 1.82) is 0 Å². The Morgan fingerprint density at radius 3 is 2.10 bits per heavy atom. The van der Waals surface area contributed by atoms with Gasteiger partial charge in [-0.15, -0.1) is 0 Å². The van der Waals surface area contributed by atoms with Crippen molar-refractivity contribution >= 4 is 17.8 Å². The molecule has 1 aromatic rings. The summed E-state index contributed by atoms with van der Waals surface area (Å²) in [5.74, 6) is 0.0668. The molecule has 0 aliphatic carbocycles. The average molecular weight is 404 g/mol. The molecule has 29 heavy (non-hydrogen) atoms. The number of methoxy groups -OCH3 is 1. The predicted molar refractivity (Wildman–Crippen MR) is 112 cm³/mol. The summed E-state index contributed by atoms with van der Waals surface area (Å²) in [4.78, 5) is 41.9. The van der Waals surface area contributed by atoms with Gasteiger partial charge in [-0.1, -0.05) is 32.9 Å². The largest absolute Gasteiger partial charge is 0.497 e. The number of nitrogens with zero attached hydrogens (tertiary/aromatic N) is 2. The zero-order chi connectivity index (χ0) is 21.8. The number of carbonyl (C=O) groups excluding carboxylic acids is 3. The predicted octanol–water partition coefficient (Wildman–Crippen LogP) is 3.28. The summed E-state index contributed by atoms with van der Waals surface area (Å²) in [6.45, 7) is 9.61. The topological polar surface area (TPSA) is 79.0 Å². The smallest absolute Gasteiger partial charge is 0.325 e. The van der Waals surface area contributed by atoms with Crippen LogP contribution in [-0.2, 0) is 15.1 Å². The second-order valence-corrected chi connectivity index (χ2v) is 7.62. The minimum atomic E-state index is -1.17. The van der Waals surface area contributed by atoms with Gasteiger partial charge < -0.3 is 15.0 Å². The average Bonchev–Trinajstić information content (AvgIpc) is 2.98. The molecular weight excluding hydrogens is 370 g/mol. The van der Waals surface area contributed by atoms with E-state index >= 15 is 0 Å². The summed E-state index contributed by atoms with van der Waals surface area (Å²) >= 11 is 0. The third-order valence-electron chi connectivity index (χ3n) is 6.00. The highest BCUT2D eigenvalue weighted by molar-refractivity contribution is 6.09. The van der Waals surface area contributed by atoms with E-state index in [0.29, 0.717) is 17.7 Å². The molecule has 1 fully saturated rings. The maximum atomic E-state index is 13.3. The Labute approximate surface area is 173 Å². The van der Waals surface area contributed by atoms with Gasteiger partial charge in [0.1, 0.15) is 17.8 Å². The monoisotopic (exact) mass is 403 g/mol. The van der Waals surface area contributed by atoms with Gasteiger partial charge in [0.25, 0.3) is 5.91 Å². The highest BCUT2D eigenvalue weighted by Crippen LogP contribution is 2.33. The number of hydrogen-bond donors (Lipinski definition) is 1. The molecule has 1 heterocycles. The van der Waals surface area contributed by atoms with Crippen LogP contribution in [0, 0.1) is 0 Å². The van der Waals surface area contributed by atoms with Gasteiger partial charge in [-0.25, -0.2) is 4.79 Å². The molecule has 1 aliphatic rings. The van der Waals surface area contributed by atoms with Crippen LogP contribution in [0.25, 0.3) is 0 Å². The molecule has 1 saturated heterocycles. The summed E-state index contributed by atoms with van der Waals surface area (Å²) in [5.41, 5.74) is -0.490. The van der Waals surface area contributed by atoms with E-state index in [1.807, 2.05) is 34.6 Å². The SMILES string of the molecule is CC[C@@H](C)N(C(=O)CN1C(=O)N[C@](CC)(c2ccc(OC)cc2)C1=O)[C@@H](C)CC. The first-order valence-corrected chi connectivity index (χ1v) is 10.3. The van der Waals surface area contributed by atoms with E-state index < -0.39 is 17.5 Å². The van der Waals surface area contributed by atoms with E-state index in [9.17, 15) is 14.4 Å². The Bertz CT molecular complexity index is 739. The fraction of sp³-hybridized carbons (Fsp3) is 0.591. The van der Waals surface area contributed by atoms with Crippen molar-refractivity contribution in [2.75, 3.05) is 13.7 Å². The minimum absolute atomic E-state index is 0.0377. The number of nitrogens with one attached hydrogen (secondary N) is 1. The molecule has 1 aliphatic heterocycles. The molecule has 4 amide bonds. The van der Waals surface area contributed by atoms with Crippen molar-refractivity contribution < 1.29 is 19.1 Å². The summed E-state index contributed by atoms with van der Waals surface area (Å²) in [6, 6.07) is 6.61. The summed E-state index contributed by atoms with van der Waals surface area (Å²) in [5, 5.41) is 2.83. The van der Waals surface area contributed by atoms with E-state index in [0.717, 1.165) is 17.7 Å². The normalized spacial score (nSPS) is 21.0. The van der Waals surface area contributed by atoms with E-state index in [2.05, 4.69) is 5.32 Å². The fourth-order valence-corrected chi connectivity index (χ4v) is 3.82. The van der Waals surface area contributed by atoms with Crippen LogP contribution >= 0.6 is 0 Å². The quantitative estimate of drug-likeness (QED) is 0.642. The molecule has 160 valence electrons. The molecule has 2 rings (SSSR count). The number of benzene rings is 1. The molecule has 0 saturated carbocycles. The number of rotatable bonds is 9. The van der Waals surface area contributed by atoms with Crippen LogP contribution in [0.15, 0.2) is 24.3 Å². The first-order valence-electron chi connectivity index (χ1n) is 10.3. The van der Waals surface area contributed by atoms with Crippen LogP contribution in [-0.4, -0.2) is 53.4 Å². The number of amides is 4. The third kappa shape index (κ3) is 4.23. The van der Waals surface area contributed by atoms with Crippen molar-refractivity contribution in [3.63, 3.8) is 0 Å². The molecule has 0 aromatic heterocycles. The molecule has 0 radical (unpaired) electrons. The van der Waals surface area contributed by atoms with Crippen LogP contribution in [0.1, 0.15) is 59.4 Å². The van der Waals surface area contributed by atoms with Gasteiger partial charge in [0, 0.05) is 12.1 Å². The minimum Gasteiger partial charge on any atom is -0.497 e. The Balaban J connectivity index is 2.29. The Kier molecular flexibility index (Phi) is 7.27. The first-order chi connectivity index (χ1) is 13.7. The summed E-state index contributed by atoms with van der Waals surface area (Å²) < 4.78 is 5.18. The van der Waals surface area contributed by atoms with Gasteiger partial charge in [-0.05, 0) is 50.8 Å². The molecule has 7 nitrogen and oxygen atoms in total. The number of hydrogen-bond acceptors (Lipinski definition) is 4. The van der Waals surface area contributed by atoms with Gasteiger partial charge >= 0.3 is 6.03 Å². The second-order valence-electron chi connectivity index (χ2n) is 7.62. The van der Waals surface area contributed by atoms with E-state index in [1.54, 1.807) is 36.3 Å². The lowest BCUT2D eigenvalue weighted by Gasteiger charge is -2.35. The van der Waals surface area contributed by atoms with Gasteiger partial charge in [-0.2, -0.15) is 0 Å². The number of carbonyl (C=O) groups is 3. The van der Waals surface area contributed by atoms with Crippen LogP contribution in [0.5, 0.6) is 5.75 Å². The van der Waals surface area contributed by atoms with Crippen LogP contribution in [0.4, 0.5) is 4.79 Å². The zero-order valence-electron chi connectivity index (χ0n) is 18.3. The standard InChI is InChI=1S/C22H33N3O4/c1-7-15(4)25(16(5)8-2)19(26)14-24-20(27)22(9-3,23-21(24)28)17-10-12-18(29-6)13-11-17/h10-13,15-16H,7-9,14H2,1-6H3,(H,23,28)/t15-,16+,22-/m1/s1. The Morgan fingerprint density at radius 1 is 1.10 bits per heavy atom. The molecule has 0 unspecified atom stereocenters. The summed E-state index contributed by atoms with van der Waals surface area (Å²) in [6.07, 6.45) is 2.00. The highest BCUT2D eigenvalue weighted by Gasteiger charge is 2.52. The third-order valence-corrected chi connectivity index (χ3v) is 6.00. The first kappa shape index (κ1) is 22.7. The lowest BCUT2D eigenvalue weighted by atomic mass is 9.87. The molecule has 0 bridgehead atoms. The Morgan fingerprint density at radius 2 is 1.66 bits per heavy atom. The summed E-state index contributed by atoms with van der Waals surface area (Å²) in [7, 11) is 1.57. The second kappa shape index (κ2) is 9.29. The molecule has 7 heteroatoms. The van der Waals surface area contributed by atoms with Crippen molar-refractivity contribution in [2.45, 2.75) is 71.5 Å². The van der Waals surface area contributed by atoms with Gasteiger partial charge in [0.2, 0.25) is 5.91 Å². The number of ether oxygens (including phenoxy) is 1. The zero-order valence-corrected chi connectivity index (χ0v) is 18.3. The lowest BCUT2D eigenvalue weighted by molar-refractivity contribution is -0.142. The molecular formula is C22H33N3O4. The van der Waals surface area contributed by atoms with Gasteiger partial charge in [0.15, 0.2) is 0 Å². The van der Waals surface area contributed by atoms with Gasteiger partial charge in [-0.3, -0.25) is 14.5 Å². The molecule has 3 atom stereocenters. The molecule has 1 aromatic carbocycles. The van der Waals surface area contributed by atoms with Gasteiger partial charge in [0.05, 0.1) is 7.11 Å². The van der Waals surface area contributed by atoms with E-state index in [4.69, 9.17) is 4.74 Å². The Hall–Kier alpha value is -2.57. The number of imide groups is 1. The van der Waals surface area contributed by atoms with Crippen LogP contribution in [0.2, 0.25) is 0 Å².